The number of hydrogen-bond donors (Lipinski definition) is 1. The lowest BCUT2D eigenvalue weighted by molar-refractivity contribution is 0.102. The average molecular weight is 280 g/mol. The Labute approximate surface area is 113 Å². The van der Waals surface area contributed by atoms with Crippen molar-refractivity contribution < 1.29 is 18.7 Å². The Balaban J connectivity index is 2.04. The molecule has 2 rings (SSSR count). The van der Waals surface area contributed by atoms with Gasteiger partial charge in [-0.25, -0.2) is 8.78 Å². The third-order valence-electron chi connectivity index (χ3n) is 2.44. The third-order valence-corrected chi connectivity index (χ3v) is 3.47. The summed E-state index contributed by atoms with van der Waals surface area (Å²) < 4.78 is 26.3. The highest BCUT2D eigenvalue weighted by Crippen LogP contribution is 2.23. The van der Waals surface area contributed by atoms with Crippen LogP contribution < -0.4 is 0 Å². The fourth-order valence-electron chi connectivity index (χ4n) is 1.46. The van der Waals surface area contributed by atoms with Gasteiger partial charge in [0.25, 0.3) is 0 Å². The lowest BCUT2D eigenvalue weighted by atomic mass is 10.1. The summed E-state index contributed by atoms with van der Waals surface area (Å²) in [5.41, 5.74) is 0.419. The van der Waals surface area contributed by atoms with Crippen molar-refractivity contribution in [2.24, 2.45) is 0 Å². The van der Waals surface area contributed by atoms with Crippen molar-refractivity contribution in [2.75, 3.05) is 5.75 Å². The second-order valence-electron chi connectivity index (χ2n) is 3.83. The van der Waals surface area contributed by atoms with Crippen LogP contribution in [-0.2, 0) is 0 Å². The Hall–Kier alpha value is -1.88. The number of thioether (sulfide) groups is 1. The van der Waals surface area contributed by atoms with Gasteiger partial charge in [-0.15, -0.1) is 11.8 Å². The molecule has 0 atom stereocenters. The minimum Gasteiger partial charge on any atom is -0.508 e. The predicted molar refractivity (Wildman–Crippen MR) is 69.5 cm³/mol. The Bertz CT molecular complexity index is 597. The first kappa shape index (κ1) is 13.5. The largest absolute Gasteiger partial charge is 0.508 e. The summed E-state index contributed by atoms with van der Waals surface area (Å²) in [4.78, 5) is 11.9. The van der Waals surface area contributed by atoms with E-state index in [1.807, 2.05) is 0 Å². The smallest absolute Gasteiger partial charge is 0.173 e. The number of ketones is 1. The molecule has 19 heavy (non-hydrogen) atoms. The molecule has 5 heteroatoms. The van der Waals surface area contributed by atoms with Gasteiger partial charge >= 0.3 is 0 Å². The molecular formula is C14H10F2O2S. The maximum atomic E-state index is 13.3. The van der Waals surface area contributed by atoms with Crippen molar-refractivity contribution in [2.45, 2.75) is 4.90 Å². The van der Waals surface area contributed by atoms with Gasteiger partial charge in [0, 0.05) is 10.5 Å². The molecule has 0 saturated carbocycles. The van der Waals surface area contributed by atoms with Crippen LogP contribution in [0.25, 0.3) is 0 Å². The van der Waals surface area contributed by atoms with E-state index in [2.05, 4.69) is 0 Å². The summed E-state index contributed by atoms with van der Waals surface area (Å²) in [6.45, 7) is 0. The van der Waals surface area contributed by atoms with Crippen LogP contribution >= 0.6 is 11.8 Å². The summed E-state index contributed by atoms with van der Waals surface area (Å²) in [5.74, 6) is -1.23. The van der Waals surface area contributed by atoms with E-state index in [1.165, 1.54) is 24.3 Å². The molecule has 0 aliphatic rings. The Morgan fingerprint density at radius 3 is 2.47 bits per heavy atom. The van der Waals surface area contributed by atoms with Gasteiger partial charge in [0.2, 0.25) is 0 Å². The topological polar surface area (TPSA) is 37.3 Å². The highest BCUT2D eigenvalue weighted by Gasteiger charge is 2.10. The molecule has 0 saturated heterocycles. The zero-order valence-corrected chi connectivity index (χ0v) is 10.6. The molecule has 0 fully saturated rings. The Kier molecular flexibility index (Phi) is 4.16. The van der Waals surface area contributed by atoms with Gasteiger partial charge in [-0.2, -0.15) is 0 Å². The number of Topliss-reactive ketones (excluding diaryl/α,β-unsaturated/α-hetero) is 1. The van der Waals surface area contributed by atoms with Gasteiger partial charge in [0.15, 0.2) is 5.78 Å². The van der Waals surface area contributed by atoms with E-state index < -0.39 is 11.6 Å². The van der Waals surface area contributed by atoms with Gasteiger partial charge in [0.1, 0.15) is 17.4 Å². The summed E-state index contributed by atoms with van der Waals surface area (Å²) in [6, 6.07) is 8.90. The second-order valence-corrected chi connectivity index (χ2v) is 4.85. The number of phenols is 1. The van der Waals surface area contributed by atoms with Crippen LogP contribution in [0.2, 0.25) is 0 Å². The average Bonchev–Trinajstić information content (AvgIpc) is 2.40. The Morgan fingerprint density at radius 2 is 1.79 bits per heavy atom. The van der Waals surface area contributed by atoms with Crippen LogP contribution in [0.4, 0.5) is 8.78 Å². The summed E-state index contributed by atoms with van der Waals surface area (Å²) in [7, 11) is 0. The van der Waals surface area contributed by atoms with Gasteiger partial charge in [0.05, 0.1) is 5.75 Å². The second kappa shape index (κ2) is 5.84. The first-order chi connectivity index (χ1) is 9.06. The van der Waals surface area contributed by atoms with Gasteiger partial charge in [-0.1, -0.05) is 0 Å². The maximum Gasteiger partial charge on any atom is 0.173 e. The van der Waals surface area contributed by atoms with Crippen molar-refractivity contribution in [1.29, 1.82) is 0 Å². The van der Waals surface area contributed by atoms with Gasteiger partial charge in [-0.3, -0.25) is 4.79 Å². The minimum atomic E-state index is -0.551. The summed E-state index contributed by atoms with van der Waals surface area (Å²) in [6.07, 6.45) is 0. The van der Waals surface area contributed by atoms with Crippen molar-refractivity contribution in [3.8, 4) is 5.75 Å². The van der Waals surface area contributed by atoms with Gasteiger partial charge in [-0.05, 0) is 42.5 Å². The Morgan fingerprint density at radius 1 is 1.11 bits per heavy atom. The zero-order chi connectivity index (χ0) is 13.8. The molecule has 0 aliphatic carbocycles. The van der Waals surface area contributed by atoms with E-state index in [1.54, 1.807) is 0 Å². The first-order valence-electron chi connectivity index (χ1n) is 5.46. The quantitative estimate of drug-likeness (QED) is 0.686. The van der Waals surface area contributed by atoms with E-state index in [4.69, 9.17) is 5.11 Å². The number of benzene rings is 2. The number of rotatable bonds is 4. The zero-order valence-electron chi connectivity index (χ0n) is 9.77. The van der Waals surface area contributed by atoms with E-state index >= 15 is 0 Å². The van der Waals surface area contributed by atoms with Crippen molar-refractivity contribution in [3.63, 3.8) is 0 Å². The molecule has 2 nitrogen and oxygen atoms in total. The fourth-order valence-corrected chi connectivity index (χ4v) is 2.32. The number of hydrogen-bond acceptors (Lipinski definition) is 3. The number of carbonyl (C=O) groups is 1. The third kappa shape index (κ3) is 3.54. The minimum absolute atomic E-state index is 0.00511. The standard InChI is InChI=1S/C14H10F2O2S/c15-10-3-6-12(16)14(7-10)19-8-13(18)9-1-4-11(17)5-2-9/h1-7,17H,8H2. The predicted octanol–water partition coefficient (Wildman–Crippen LogP) is 3.65. The fraction of sp³-hybridized carbons (Fsp3) is 0.0714. The number of phenolic OH excluding ortho intramolecular Hbond substituents is 1. The molecule has 0 unspecified atom stereocenters. The first-order valence-corrected chi connectivity index (χ1v) is 6.45. The van der Waals surface area contributed by atoms with Crippen LogP contribution in [0.3, 0.4) is 0 Å². The molecule has 0 amide bonds. The van der Waals surface area contributed by atoms with E-state index in [9.17, 15) is 13.6 Å². The lowest BCUT2D eigenvalue weighted by Gasteiger charge is -2.03. The number of halogens is 2. The van der Waals surface area contributed by atoms with E-state index in [0.29, 0.717) is 5.56 Å². The molecular weight excluding hydrogens is 270 g/mol. The molecule has 0 radical (unpaired) electrons. The summed E-state index contributed by atoms with van der Waals surface area (Å²) in [5, 5.41) is 9.11. The molecule has 98 valence electrons. The normalized spacial score (nSPS) is 10.4. The SMILES string of the molecule is O=C(CSc1cc(F)ccc1F)c1ccc(O)cc1. The number of aromatic hydroxyl groups is 1. The van der Waals surface area contributed by atoms with Crippen LogP contribution in [0, 0.1) is 11.6 Å². The van der Waals surface area contributed by atoms with E-state index in [0.717, 1.165) is 30.0 Å². The number of carbonyl (C=O) groups excluding carboxylic acids is 1. The molecule has 2 aromatic rings. The van der Waals surface area contributed by atoms with Crippen LogP contribution in [0.5, 0.6) is 5.75 Å². The molecule has 1 N–H and O–H groups in total. The van der Waals surface area contributed by atoms with Crippen LogP contribution in [0.15, 0.2) is 47.4 Å². The lowest BCUT2D eigenvalue weighted by Crippen LogP contribution is -2.02. The van der Waals surface area contributed by atoms with E-state index in [-0.39, 0.29) is 22.2 Å². The molecule has 2 aromatic carbocycles. The monoisotopic (exact) mass is 280 g/mol. The van der Waals surface area contributed by atoms with Crippen LogP contribution in [0.1, 0.15) is 10.4 Å². The highest BCUT2D eigenvalue weighted by atomic mass is 32.2. The summed E-state index contributed by atoms with van der Waals surface area (Å²) >= 11 is 0.941. The maximum absolute atomic E-state index is 13.3. The van der Waals surface area contributed by atoms with Crippen molar-refractivity contribution in [1.82, 2.24) is 0 Å². The molecule has 0 aromatic heterocycles. The molecule has 0 heterocycles. The highest BCUT2D eigenvalue weighted by molar-refractivity contribution is 8.00. The van der Waals surface area contributed by atoms with Gasteiger partial charge < -0.3 is 5.11 Å². The molecule has 0 aliphatic heterocycles. The van der Waals surface area contributed by atoms with Crippen molar-refractivity contribution in [3.05, 3.63) is 59.7 Å². The molecule has 0 spiro atoms. The van der Waals surface area contributed by atoms with Crippen LogP contribution in [-0.4, -0.2) is 16.6 Å². The molecule has 0 bridgehead atoms. The van der Waals surface area contributed by atoms with Crippen molar-refractivity contribution >= 4 is 17.5 Å².